The Morgan fingerprint density at radius 3 is 0.964 bits per heavy atom. The highest BCUT2D eigenvalue weighted by Gasteiger charge is 2.19. The fourth-order valence-electron chi connectivity index (χ4n) is 7.50. The Kier molecular flexibility index (Phi) is 8.43. The van der Waals surface area contributed by atoms with Crippen LogP contribution >= 0.6 is 0 Å². The highest BCUT2D eigenvalue weighted by Crippen LogP contribution is 2.38. The number of aryl methyl sites for hydroxylation is 3. The van der Waals surface area contributed by atoms with E-state index in [9.17, 15) is 4.79 Å². The number of carbonyl (C=O) groups is 1. The van der Waals surface area contributed by atoms with Gasteiger partial charge in [0.25, 0.3) is 0 Å². The summed E-state index contributed by atoms with van der Waals surface area (Å²) >= 11 is 0. The van der Waals surface area contributed by atoms with Crippen molar-refractivity contribution in [3.8, 4) is 44.5 Å². The van der Waals surface area contributed by atoms with Gasteiger partial charge in [0.1, 0.15) is 0 Å². The summed E-state index contributed by atoms with van der Waals surface area (Å²) in [6.45, 7) is 7.84. The second kappa shape index (κ2) is 13.7. The van der Waals surface area contributed by atoms with Crippen molar-refractivity contribution >= 4 is 58.0 Å². The third-order valence-corrected chi connectivity index (χ3v) is 10.3. The summed E-state index contributed by atoms with van der Waals surface area (Å²) in [5.74, 6) is -0.111. The number of hydrogen-bond donors (Lipinski definition) is 3. The highest BCUT2D eigenvalue weighted by molar-refractivity contribution is 6.00. The smallest absolute Gasteiger partial charge is 0.221 e. The lowest BCUT2D eigenvalue weighted by Crippen LogP contribution is -2.05. The second-order valence-electron chi connectivity index (χ2n) is 14.4. The number of nitrogens with zero attached hydrogens (tertiary/aromatic N) is 2. The van der Waals surface area contributed by atoms with E-state index in [-0.39, 0.29) is 5.91 Å². The van der Waals surface area contributed by atoms with Gasteiger partial charge >= 0.3 is 0 Å². The molecule has 0 spiro atoms. The predicted molar refractivity (Wildman–Crippen MR) is 229 cm³/mol. The minimum atomic E-state index is -0.111. The van der Waals surface area contributed by atoms with Crippen LogP contribution in [0.25, 0.3) is 90.9 Å². The van der Waals surface area contributed by atoms with Crippen LogP contribution in [0.4, 0.5) is 5.69 Å². The Morgan fingerprint density at radius 1 is 0.418 bits per heavy atom. The zero-order valence-electron chi connectivity index (χ0n) is 31.2. The number of aromatic nitrogens is 4. The quantitative estimate of drug-likeness (QED) is 0.166. The highest BCUT2D eigenvalue weighted by atomic mass is 16.1. The van der Waals surface area contributed by atoms with Gasteiger partial charge in [0.15, 0.2) is 0 Å². The summed E-state index contributed by atoms with van der Waals surface area (Å²) in [4.78, 5) is 30.3. The van der Waals surface area contributed by atoms with Gasteiger partial charge in [0.2, 0.25) is 5.91 Å². The van der Waals surface area contributed by atoms with Crippen LogP contribution in [0.2, 0.25) is 0 Å². The number of fused-ring (bicyclic) bond motifs is 8. The van der Waals surface area contributed by atoms with Gasteiger partial charge in [0.05, 0.1) is 22.8 Å². The molecule has 6 heteroatoms. The number of hydrogen-bond acceptors (Lipinski definition) is 3. The van der Waals surface area contributed by atoms with E-state index in [1.54, 1.807) is 0 Å². The van der Waals surface area contributed by atoms with E-state index in [1.807, 2.05) is 24.3 Å². The minimum Gasteiger partial charge on any atom is -0.354 e. The van der Waals surface area contributed by atoms with Crippen molar-refractivity contribution in [1.29, 1.82) is 0 Å². The molecule has 3 N–H and O–H groups in total. The molecule has 9 rings (SSSR count). The fraction of sp³-hybridized carbons (Fsp3) is 0.0816. The zero-order chi connectivity index (χ0) is 37.6. The molecule has 0 fully saturated rings. The Hall–Kier alpha value is -7.05. The first-order valence-electron chi connectivity index (χ1n) is 18.5. The molecule has 8 bridgehead atoms. The van der Waals surface area contributed by atoms with Crippen LogP contribution in [0.1, 0.15) is 46.4 Å². The van der Waals surface area contributed by atoms with Gasteiger partial charge < -0.3 is 15.3 Å². The van der Waals surface area contributed by atoms with E-state index in [2.05, 4.69) is 157 Å². The van der Waals surface area contributed by atoms with Crippen LogP contribution in [0, 0.1) is 20.8 Å². The lowest BCUT2D eigenvalue weighted by Gasteiger charge is -2.08. The van der Waals surface area contributed by atoms with Gasteiger partial charge in [-0.1, -0.05) is 102 Å². The van der Waals surface area contributed by atoms with Crippen LogP contribution in [-0.4, -0.2) is 25.8 Å². The molecule has 6 nitrogen and oxygen atoms in total. The summed E-state index contributed by atoms with van der Waals surface area (Å²) in [7, 11) is 0. The molecule has 266 valence electrons. The lowest BCUT2D eigenvalue weighted by atomic mass is 10.0. The van der Waals surface area contributed by atoms with Crippen molar-refractivity contribution in [2.45, 2.75) is 27.7 Å². The molecule has 1 amide bonds. The van der Waals surface area contributed by atoms with Crippen molar-refractivity contribution in [2.75, 3.05) is 5.32 Å². The van der Waals surface area contributed by atoms with Gasteiger partial charge in [-0.3, -0.25) is 4.79 Å². The van der Waals surface area contributed by atoms with Gasteiger partial charge in [-0.2, -0.15) is 0 Å². The van der Waals surface area contributed by atoms with Gasteiger partial charge in [-0.15, -0.1) is 0 Å². The Balaban J connectivity index is 1.44. The number of benzene rings is 4. The van der Waals surface area contributed by atoms with E-state index < -0.39 is 0 Å². The Labute approximate surface area is 320 Å². The summed E-state index contributed by atoms with van der Waals surface area (Å²) in [5, 5.41) is 2.90. The second-order valence-corrected chi connectivity index (χ2v) is 14.4. The van der Waals surface area contributed by atoms with Crippen molar-refractivity contribution in [3.63, 3.8) is 0 Å². The van der Waals surface area contributed by atoms with Gasteiger partial charge in [-0.05, 0) is 104 Å². The summed E-state index contributed by atoms with van der Waals surface area (Å²) < 4.78 is 0. The van der Waals surface area contributed by atoms with E-state index >= 15 is 0 Å². The van der Waals surface area contributed by atoms with Crippen LogP contribution < -0.4 is 5.32 Å². The van der Waals surface area contributed by atoms with Crippen LogP contribution in [-0.2, 0) is 4.79 Å². The fourth-order valence-corrected chi connectivity index (χ4v) is 7.50. The third-order valence-electron chi connectivity index (χ3n) is 10.3. The van der Waals surface area contributed by atoms with Crippen molar-refractivity contribution in [2.24, 2.45) is 0 Å². The molecule has 0 aliphatic carbocycles. The standard InChI is InChI=1S/C49H39N5O/c1-29-5-11-33(12-6-29)46-38-21-23-40(51-38)47(34-13-7-30(2)8-14-34)42-25-27-44(53-42)49(36-17-19-37(20-18-36)50-32(4)55)45-28-26-43(54-45)48(41-24-22-39(46)52-41)35-15-9-31(3)10-16-35/h5-28,51,54H,1-4H3,(H,50,55). The Morgan fingerprint density at radius 2 is 0.691 bits per heavy atom. The topological polar surface area (TPSA) is 86.5 Å². The van der Waals surface area contributed by atoms with Gasteiger partial charge in [0, 0.05) is 56.9 Å². The van der Waals surface area contributed by atoms with Crippen LogP contribution in [0.15, 0.2) is 121 Å². The molecular formula is C49H39N5O. The van der Waals surface area contributed by atoms with Crippen molar-refractivity contribution in [1.82, 2.24) is 19.9 Å². The molecule has 0 saturated heterocycles. The number of anilines is 1. The maximum atomic E-state index is 11.9. The molecule has 4 aromatic carbocycles. The maximum absolute atomic E-state index is 11.9. The molecule has 7 aromatic rings. The first-order valence-corrected chi connectivity index (χ1v) is 18.5. The maximum Gasteiger partial charge on any atom is 0.221 e. The SMILES string of the molecule is CC(=O)Nc1ccc(-c2c3nc(c(-c4ccc(C)cc4)c4ccc([nH]4)c(-c4ccc(C)cc4)c4nc(c(-c5ccc(C)cc5)c5ccc2[nH]5)C=C4)C=C3)cc1. The molecule has 2 aliphatic heterocycles. The number of carbonyl (C=O) groups excluding carboxylic acids is 1. The summed E-state index contributed by atoms with van der Waals surface area (Å²) in [5.41, 5.74) is 19.7. The monoisotopic (exact) mass is 713 g/mol. The Bertz CT molecular complexity index is 2810. The first kappa shape index (κ1) is 33.8. The zero-order valence-corrected chi connectivity index (χ0v) is 31.2. The first-order chi connectivity index (χ1) is 26.8. The molecule has 55 heavy (non-hydrogen) atoms. The molecule has 5 heterocycles. The summed E-state index contributed by atoms with van der Waals surface area (Å²) in [6.07, 6.45) is 8.46. The average Bonchev–Trinajstić information content (AvgIpc) is 4.02. The predicted octanol–water partition coefficient (Wildman–Crippen LogP) is 12.2. The van der Waals surface area contributed by atoms with E-state index in [0.29, 0.717) is 0 Å². The number of aromatic amines is 2. The molecule has 0 atom stereocenters. The molecule has 0 saturated carbocycles. The molecule has 2 aliphatic rings. The molecule has 3 aromatic heterocycles. The summed E-state index contributed by atoms with van der Waals surface area (Å²) in [6, 6.07) is 42.4. The molecule has 0 unspecified atom stereocenters. The number of H-pyrrole nitrogens is 2. The van der Waals surface area contributed by atoms with E-state index in [1.165, 1.54) is 23.6 Å². The number of rotatable bonds is 5. The number of nitrogens with one attached hydrogen (secondary N) is 3. The molecular weight excluding hydrogens is 675 g/mol. The largest absolute Gasteiger partial charge is 0.354 e. The third kappa shape index (κ3) is 6.48. The van der Waals surface area contributed by atoms with Crippen molar-refractivity contribution in [3.05, 3.63) is 161 Å². The van der Waals surface area contributed by atoms with Crippen LogP contribution in [0.5, 0.6) is 0 Å². The van der Waals surface area contributed by atoms with Crippen LogP contribution in [0.3, 0.4) is 0 Å². The normalized spacial score (nSPS) is 11.9. The van der Waals surface area contributed by atoms with Gasteiger partial charge in [-0.25, -0.2) is 9.97 Å². The number of amides is 1. The molecule has 0 radical (unpaired) electrons. The van der Waals surface area contributed by atoms with E-state index in [4.69, 9.17) is 9.97 Å². The minimum absolute atomic E-state index is 0.111. The van der Waals surface area contributed by atoms with E-state index in [0.717, 1.165) is 95.0 Å². The average molecular weight is 714 g/mol. The van der Waals surface area contributed by atoms with Crippen molar-refractivity contribution < 1.29 is 4.79 Å². The lowest BCUT2D eigenvalue weighted by molar-refractivity contribution is -0.114.